The lowest BCUT2D eigenvalue weighted by Crippen LogP contribution is -2.09. The summed E-state index contributed by atoms with van der Waals surface area (Å²) in [5, 5.41) is 2.05. The van der Waals surface area contributed by atoms with Gasteiger partial charge in [-0.3, -0.25) is 4.79 Å². The average molecular weight is 457 g/mol. The zero-order chi connectivity index (χ0) is 23.2. The standard InChI is InChI=1S/C28H24O4S/c1-31-23-16-22(17-26(29)20-10-12-21(13-11-20)28(30)32-2)24(15-19-7-4-3-5-8-19)25(18-23)27-9-6-14-33-27/h3-14,16,18H,15,17H2,1-2H3. The second-order valence-corrected chi connectivity index (χ2v) is 8.57. The summed E-state index contributed by atoms with van der Waals surface area (Å²) in [5.41, 5.74) is 5.27. The Morgan fingerprint density at radius 2 is 1.58 bits per heavy atom. The quantitative estimate of drug-likeness (QED) is 0.233. The molecule has 0 spiro atoms. The molecule has 1 heterocycles. The topological polar surface area (TPSA) is 52.6 Å². The number of esters is 1. The SMILES string of the molecule is COC(=O)c1ccc(C(=O)Cc2cc(OC)cc(-c3cccs3)c2Cc2ccccc2)cc1. The van der Waals surface area contributed by atoms with Crippen LogP contribution in [-0.4, -0.2) is 26.0 Å². The fraction of sp³-hybridized carbons (Fsp3) is 0.143. The monoisotopic (exact) mass is 456 g/mol. The number of methoxy groups -OCH3 is 2. The Balaban J connectivity index is 1.73. The van der Waals surface area contributed by atoms with E-state index >= 15 is 0 Å². The largest absolute Gasteiger partial charge is 0.497 e. The highest BCUT2D eigenvalue weighted by molar-refractivity contribution is 7.13. The number of ketones is 1. The lowest BCUT2D eigenvalue weighted by Gasteiger charge is -2.17. The van der Waals surface area contributed by atoms with Gasteiger partial charge in [-0.15, -0.1) is 11.3 Å². The predicted molar refractivity (Wildman–Crippen MR) is 131 cm³/mol. The highest BCUT2D eigenvalue weighted by atomic mass is 32.1. The van der Waals surface area contributed by atoms with E-state index < -0.39 is 5.97 Å². The number of Topliss-reactive ketones (excluding diaryl/α,β-unsaturated/α-hetero) is 1. The number of carbonyl (C=O) groups is 2. The molecule has 0 bridgehead atoms. The van der Waals surface area contributed by atoms with Gasteiger partial charge in [0.15, 0.2) is 5.78 Å². The molecule has 0 fully saturated rings. The van der Waals surface area contributed by atoms with Gasteiger partial charge >= 0.3 is 5.97 Å². The van der Waals surface area contributed by atoms with E-state index in [4.69, 9.17) is 9.47 Å². The molecule has 0 aliphatic heterocycles. The molecular weight excluding hydrogens is 432 g/mol. The third-order valence-corrected chi connectivity index (χ3v) is 6.44. The molecule has 0 radical (unpaired) electrons. The number of hydrogen-bond donors (Lipinski definition) is 0. The van der Waals surface area contributed by atoms with Gasteiger partial charge in [-0.05, 0) is 64.4 Å². The Hall–Kier alpha value is -3.70. The van der Waals surface area contributed by atoms with E-state index in [0.29, 0.717) is 17.5 Å². The highest BCUT2D eigenvalue weighted by Crippen LogP contribution is 2.36. The lowest BCUT2D eigenvalue weighted by atomic mass is 9.90. The summed E-state index contributed by atoms with van der Waals surface area (Å²) in [7, 11) is 2.98. The molecule has 33 heavy (non-hydrogen) atoms. The first-order valence-electron chi connectivity index (χ1n) is 10.6. The molecule has 0 unspecified atom stereocenters. The van der Waals surface area contributed by atoms with Crippen molar-refractivity contribution in [2.75, 3.05) is 14.2 Å². The van der Waals surface area contributed by atoms with E-state index in [2.05, 4.69) is 23.6 Å². The summed E-state index contributed by atoms with van der Waals surface area (Å²) < 4.78 is 10.3. The first-order chi connectivity index (χ1) is 16.1. The Labute approximate surface area is 197 Å². The molecule has 0 N–H and O–H groups in total. The molecule has 166 valence electrons. The fourth-order valence-electron chi connectivity index (χ4n) is 3.82. The summed E-state index contributed by atoms with van der Waals surface area (Å²) in [6, 6.07) is 24.9. The number of rotatable bonds is 8. The third-order valence-electron chi connectivity index (χ3n) is 5.54. The minimum absolute atomic E-state index is 0.0221. The highest BCUT2D eigenvalue weighted by Gasteiger charge is 2.18. The molecule has 4 rings (SSSR count). The van der Waals surface area contributed by atoms with Crippen LogP contribution >= 0.6 is 11.3 Å². The van der Waals surface area contributed by atoms with Crippen LogP contribution in [0.2, 0.25) is 0 Å². The van der Waals surface area contributed by atoms with Crippen molar-refractivity contribution in [3.8, 4) is 16.2 Å². The van der Waals surface area contributed by atoms with Crippen LogP contribution in [0, 0.1) is 0 Å². The van der Waals surface area contributed by atoms with E-state index in [1.54, 1.807) is 42.7 Å². The summed E-state index contributed by atoms with van der Waals surface area (Å²) in [4.78, 5) is 26.1. The summed E-state index contributed by atoms with van der Waals surface area (Å²) in [5.74, 6) is 0.276. The number of ether oxygens (including phenoxy) is 2. The van der Waals surface area contributed by atoms with Crippen LogP contribution in [0.3, 0.4) is 0 Å². The van der Waals surface area contributed by atoms with Crippen LogP contribution in [0.1, 0.15) is 37.4 Å². The fourth-order valence-corrected chi connectivity index (χ4v) is 4.59. The van der Waals surface area contributed by atoms with E-state index in [0.717, 1.165) is 27.3 Å². The van der Waals surface area contributed by atoms with Crippen LogP contribution in [0.15, 0.2) is 84.2 Å². The van der Waals surface area contributed by atoms with Crippen molar-refractivity contribution in [1.82, 2.24) is 0 Å². The molecule has 5 heteroatoms. The Bertz CT molecular complexity index is 1240. The van der Waals surface area contributed by atoms with E-state index in [1.165, 1.54) is 12.7 Å². The van der Waals surface area contributed by atoms with Crippen LogP contribution < -0.4 is 4.74 Å². The van der Waals surface area contributed by atoms with Crippen molar-refractivity contribution in [3.05, 3.63) is 112 Å². The maximum absolute atomic E-state index is 13.2. The zero-order valence-electron chi connectivity index (χ0n) is 18.5. The van der Waals surface area contributed by atoms with Crippen molar-refractivity contribution in [1.29, 1.82) is 0 Å². The summed E-state index contributed by atoms with van der Waals surface area (Å²) in [6.07, 6.45) is 0.942. The number of benzene rings is 3. The maximum Gasteiger partial charge on any atom is 0.337 e. The van der Waals surface area contributed by atoms with Gasteiger partial charge in [-0.25, -0.2) is 4.79 Å². The molecule has 3 aromatic carbocycles. The molecule has 4 aromatic rings. The van der Waals surface area contributed by atoms with Gasteiger partial charge in [0, 0.05) is 16.9 Å². The van der Waals surface area contributed by atoms with Gasteiger partial charge in [-0.1, -0.05) is 48.5 Å². The Morgan fingerprint density at radius 3 is 2.21 bits per heavy atom. The van der Waals surface area contributed by atoms with Crippen LogP contribution in [0.5, 0.6) is 5.75 Å². The molecule has 0 aliphatic rings. The molecule has 0 saturated heterocycles. The zero-order valence-corrected chi connectivity index (χ0v) is 19.4. The van der Waals surface area contributed by atoms with Crippen LogP contribution in [-0.2, 0) is 17.6 Å². The van der Waals surface area contributed by atoms with Gasteiger partial charge < -0.3 is 9.47 Å². The maximum atomic E-state index is 13.2. The number of thiophene rings is 1. The molecule has 4 nitrogen and oxygen atoms in total. The summed E-state index contributed by atoms with van der Waals surface area (Å²) in [6.45, 7) is 0. The Kier molecular flexibility index (Phi) is 7.01. The summed E-state index contributed by atoms with van der Waals surface area (Å²) >= 11 is 1.67. The molecule has 0 atom stereocenters. The van der Waals surface area contributed by atoms with E-state index in [1.807, 2.05) is 36.4 Å². The van der Waals surface area contributed by atoms with Gasteiger partial charge in [0.1, 0.15) is 5.75 Å². The first-order valence-corrected chi connectivity index (χ1v) is 11.5. The number of carbonyl (C=O) groups excluding carboxylic acids is 2. The van der Waals surface area contributed by atoms with Crippen molar-refractivity contribution in [2.45, 2.75) is 12.8 Å². The second kappa shape index (κ2) is 10.3. The van der Waals surface area contributed by atoms with Gasteiger partial charge in [0.25, 0.3) is 0 Å². The van der Waals surface area contributed by atoms with Gasteiger partial charge in [-0.2, -0.15) is 0 Å². The smallest absolute Gasteiger partial charge is 0.337 e. The molecule has 1 aromatic heterocycles. The normalized spacial score (nSPS) is 10.6. The van der Waals surface area contributed by atoms with E-state index in [9.17, 15) is 9.59 Å². The van der Waals surface area contributed by atoms with Gasteiger partial charge in [0.2, 0.25) is 0 Å². The van der Waals surface area contributed by atoms with Gasteiger partial charge in [0.05, 0.1) is 19.8 Å². The Morgan fingerprint density at radius 1 is 0.848 bits per heavy atom. The predicted octanol–water partition coefficient (Wildman–Crippen LogP) is 6.23. The second-order valence-electron chi connectivity index (χ2n) is 7.62. The molecule has 0 saturated carbocycles. The molecule has 0 amide bonds. The minimum atomic E-state index is -0.424. The molecular formula is C28H24O4S. The van der Waals surface area contributed by atoms with Crippen LogP contribution in [0.4, 0.5) is 0 Å². The van der Waals surface area contributed by atoms with E-state index in [-0.39, 0.29) is 12.2 Å². The number of hydrogen-bond acceptors (Lipinski definition) is 5. The van der Waals surface area contributed by atoms with Crippen molar-refractivity contribution >= 4 is 23.1 Å². The average Bonchev–Trinajstić information content (AvgIpc) is 3.40. The molecule has 0 aliphatic carbocycles. The van der Waals surface area contributed by atoms with Crippen LogP contribution in [0.25, 0.3) is 10.4 Å². The van der Waals surface area contributed by atoms with Crippen molar-refractivity contribution in [2.24, 2.45) is 0 Å². The van der Waals surface area contributed by atoms with Crippen molar-refractivity contribution in [3.63, 3.8) is 0 Å². The minimum Gasteiger partial charge on any atom is -0.497 e. The third kappa shape index (κ3) is 5.21. The first kappa shape index (κ1) is 22.5. The van der Waals surface area contributed by atoms with Crippen molar-refractivity contribution < 1.29 is 19.1 Å². The lowest BCUT2D eigenvalue weighted by molar-refractivity contribution is 0.0600.